The monoisotopic (exact) mass is 371 g/mol. The molecule has 2 heterocycles. The largest absolute Gasteiger partial charge is 0.383 e. The first kappa shape index (κ1) is 14.2. The Labute approximate surface area is 126 Å². The minimum absolute atomic E-state index is 0.536. The van der Waals surface area contributed by atoms with E-state index in [1.807, 2.05) is 17.8 Å². The third kappa shape index (κ3) is 3.23. The zero-order valence-corrected chi connectivity index (χ0v) is 13.5. The van der Waals surface area contributed by atoms with Crippen LogP contribution in [0.3, 0.4) is 0 Å². The van der Waals surface area contributed by atoms with Crippen LogP contribution in [0.4, 0.5) is 5.82 Å². The molecular weight excluding hydrogens is 353 g/mol. The van der Waals surface area contributed by atoms with Crippen molar-refractivity contribution in [2.45, 2.75) is 33.7 Å². The lowest BCUT2D eigenvalue weighted by atomic mass is 10.1. The van der Waals surface area contributed by atoms with E-state index in [0.29, 0.717) is 17.6 Å². The van der Waals surface area contributed by atoms with Crippen molar-refractivity contribution in [1.29, 1.82) is 0 Å². The van der Waals surface area contributed by atoms with E-state index < -0.39 is 0 Å². The summed E-state index contributed by atoms with van der Waals surface area (Å²) in [7, 11) is 0. The Morgan fingerprint density at radius 3 is 2.68 bits per heavy atom. The summed E-state index contributed by atoms with van der Waals surface area (Å²) in [4.78, 5) is 9.00. The average Bonchev–Trinajstić information content (AvgIpc) is 2.82. The molecule has 0 fully saturated rings. The van der Waals surface area contributed by atoms with Gasteiger partial charge in [0.25, 0.3) is 0 Å². The van der Waals surface area contributed by atoms with Gasteiger partial charge >= 0.3 is 0 Å². The van der Waals surface area contributed by atoms with Crippen LogP contribution in [0, 0.1) is 9.49 Å². The van der Waals surface area contributed by atoms with Crippen LogP contribution in [0.25, 0.3) is 11.4 Å². The second kappa shape index (κ2) is 5.85. The molecule has 0 spiro atoms. The first-order valence-corrected chi connectivity index (χ1v) is 7.43. The highest BCUT2D eigenvalue weighted by Crippen LogP contribution is 2.23. The summed E-state index contributed by atoms with van der Waals surface area (Å²) >= 11 is 2.22. The molecule has 2 aromatic rings. The van der Waals surface area contributed by atoms with Crippen molar-refractivity contribution in [3.8, 4) is 11.4 Å². The lowest BCUT2D eigenvalue weighted by Gasteiger charge is -2.10. The molecule has 0 saturated carbocycles. The van der Waals surface area contributed by atoms with E-state index in [-0.39, 0.29) is 0 Å². The van der Waals surface area contributed by atoms with E-state index in [1.165, 1.54) is 0 Å². The maximum Gasteiger partial charge on any atom is 0.165 e. The van der Waals surface area contributed by atoms with Crippen LogP contribution in [0.15, 0.2) is 12.4 Å². The Hall–Kier alpha value is -1.18. The zero-order valence-electron chi connectivity index (χ0n) is 11.4. The fourth-order valence-corrected chi connectivity index (χ4v) is 2.28. The maximum atomic E-state index is 5.99. The highest BCUT2D eigenvalue weighted by atomic mass is 127. The second-order valence-corrected chi connectivity index (χ2v) is 5.95. The number of aromatic nitrogens is 4. The van der Waals surface area contributed by atoms with Crippen molar-refractivity contribution in [2.75, 3.05) is 5.73 Å². The number of anilines is 1. The molecule has 0 aromatic carbocycles. The van der Waals surface area contributed by atoms with Gasteiger partial charge in [0.05, 0.1) is 21.0 Å². The number of halogens is 1. The predicted octanol–water partition coefficient (Wildman–Crippen LogP) is 2.75. The van der Waals surface area contributed by atoms with Crippen molar-refractivity contribution < 1.29 is 0 Å². The van der Waals surface area contributed by atoms with Crippen LogP contribution in [0.5, 0.6) is 0 Å². The Morgan fingerprint density at radius 2 is 2.11 bits per heavy atom. The van der Waals surface area contributed by atoms with Crippen molar-refractivity contribution in [3.63, 3.8) is 0 Å². The summed E-state index contributed by atoms with van der Waals surface area (Å²) in [6, 6.07) is 0. The third-order valence-corrected chi connectivity index (χ3v) is 3.94. The third-order valence-electron chi connectivity index (χ3n) is 2.76. The molecule has 0 saturated heterocycles. The number of nitrogen functional groups attached to an aromatic ring is 1. The van der Waals surface area contributed by atoms with Gasteiger partial charge in [-0.1, -0.05) is 13.8 Å². The summed E-state index contributed by atoms with van der Waals surface area (Å²) < 4.78 is 2.81. The van der Waals surface area contributed by atoms with Crippen LogP contribution >= 0.6 is 22.6 Å². The van der Waals surface area contributed by atoms with E-state index in [0.717, 1.165) is 27.8 Å². The molecule has 0 aliphatic rings. The number of hydrogen-bond donors (Lipinski definition) is 1. The summed E-state index contributed by atoms with van der Waals surface area (Å²) in [5.74, 6) is 1.74. The quantitative estimate of drug-likeness (QED) is 0.840. The molecule has 0 aliphatic carbocycles. The molecule has 0 bridgehead atoms. The van der Waals surface area contributed by atoms with E-state index in [4.69, 9.17) is 5.73 Å². The van der Waals surface area contributed by atoms with Crippen LogP contribution < -0.4 is 5.73 Å². The summed E-state index contributed by atoms with van der Waals surface area (Å²) in [6.45, 7) is 7.22. The van der Waals surface area contributed by atoms with E-state index in [2.05, 4.69) is 51.5 Å². The minimum Gasteiger partial charge on any atom is -0.383 e. The normalized spacial score (nSPS) is 11.2. The number of nitrogens with two attached hydrogens (primary N) is 1. The number of nitrogens with zero attached hydrogens (tertiary/aromatic N) is 4. The highest BCUT2D eigenvalue weighted by molar-refractivity contribution is 14.1. The van der Waals surface area contributed by atoms with Gasteiger partial charge in [-0.3, -0.25) is 4.68 Å². The molecule has 0 amide bonds. The molecule has 0 atom stereocenters. The lowest BCUT2D eigenvalue weighted by Crippen LogP contribution is -2.07. The molecule has 0 radical (unpaired) electrons. The van der Waals surface area contributed by atoms with Gasteiger partial charge in [-0.25, -0.2) is 9.97 Å². The van der Waals surface area contributed by atoms with Crippen LogP contribution in [0.2, 0.25) is 0 Å². The molecule has 102 valence electrons. The SMILES string of the molecule is CCn1cc(-c2nc(N)c(I)c(CC(C)C)n2)cn1. The van der Waals surface area contributed by atoms with Gasteiger partial charge < -0.3 is 5.73 Å². The van der Waals surface area contributed by atoms with E-state index in [9.17, 15) is 0 Å². The fourth-order valence-electron chi connectivity index (χ4n) is 1.82. The van der Waals surface area contributed by atoms with Gasteiger partial charge in [-0.2, -0.15) is 5.10 Å². The number of hydrogen-bond acceptors (Lipinski definition) is 4. The summed E-state index contributed by atoms with van der Waals surface area (Å²) in [5.41, 5.74) is 7.92. The Kier molecular flexibility index (Phi) is 4.38. The number of rotatable bonds is 4. The van der Waals surface area contributed by atoms with Crippen LogP contribution in [0.1, 0.15) is 26.5 Å². The fraction of sp³-hybridized carbons (Fsp3) is 0.462. The molecule has 5 nitrogen and oxygen atoms in total. The maximum absolute atomic E-state index is 5.99. The Balaban J connectivity index is 2.43. The average molecular weight is 371 g/mol. The molecule has 2 N–H and O–H groups in total. The van der Waals surface area contributed by atoms with Gasteiger partial charge in [0.1, 0.15) is 5.82 Å². The molecule has 2 rings (SSSR count). The molecule has 19 heavy (non-hydrogen) atoms. The molecule has 6 heteroatoms. The predicted molar refractivity (Wildman–Crippen MR) is 84.6 cm³/mol. The van der Waals surface area contributed by atoms with Gasteiger partial charge in [0.15, 0.2) is 5.82 Å². The van der Waals surface area contributed by atoms with E-state index in [1.54, 1.807) is 6.20 Å². The van der Waals surface area contributed by atoms with Gasteiger partial charge in [0.2, 0.25) is 0 Å². The summed E-state index contributed by atoms with van der Waals surface area (Å²) in [6.07, 6.45) is 4.63. The molecular formula is C13H18IN5. The first-order chi connectivity index (χ1) is 9.01. The van der Waals surface area contributed by atoms with Crippen molar-refractivity contribution in [2.24, 2.45) is 5.92 Å². The highest BCUT2D eigenvalue weighted by Gasteiger charge is 2.13. The standard InChI is InChI=1S/C13H18IN5/c1-4-19-7-9(6-16-19)13-17-10(5-8(2)3)11(14)12(15)18-13/h6-8H,4-5H2,1-3H3,(H2,15,17,18). The van der Waals surface area contributed by atoms with Gasteiger partial charge in [-0.15, -0.1) is 0 Å². The Morgan fingerprint density at radius 1 is 1.37 bits per heavy atom. The van der Waals surface area contributed by atoms with Gasteiger partial charge in [-0.05, 0) is 41.9 Å². The van der Waals surface area contributed by atoms with Gasteiger partial charge in [0, 0.05) is 12.7 Å². The molecule has 0 unspecified atom stereocenters. The van der Waals surface area contributed by atoms with E-state index >= 15 is 0 Å². The molecule has 2 aromatic heterocycles. The van der Waals surface area contributed by atoms with Crippen molar-refractivity contribution >= 4 is 28.4 Å². The first-order valence-electron chi connectivity index (χ1n) is 6.36. The Bertz CT molecular complexity index is 576. The molecule has 0 aliphatic heterocycles. The van der Waals surface area contributed by atoms with Crippen LogP contribution in [-0.4, -0.2) is 19.7 Å². The lowest BCUT2D eigenvalue weighted by molar-refractivity contribution is 0.632. The number of aryl methyl sites for hydroxylation is 1. The van der Waals surface area contributed by atoms with Crippen molar-refractivity contribution in [1.82, 2.24) is 19.7 Å². The zero-order chi connectivity index (χ0) is 14.0. The van der Waals surface area contributed by atoms with Crippen molar-refractivity contribution in [3.05, 3.63) is 21.7 Å². The topological polar surface area (TPSA) is 69.6 Å². The smallest absolute Gasteiger partial charge is 0.165 e. The summed E-state index contributed by atoms with van der Waals surface area (Å²) in [5, 5.41) is 4.25. The second-order valence-electron chi connectivity index (χ2n) is 4.88. The van der Waals surface area contributed by atoms with Crippen LogP contribution in [-0.2, 0) is 13.0 Å². The minimum atomic E-state index is 0.536.